The van der Waals surface area contributed by atoms with Gasteiger partial charge in [-0.2, -0.15) is 0 Å². The van der Waals surface area contributed by atoms with E-state index in [0.29, 0.717) is 12.5 Å². The van der Waals surface area contributed by atoms with Crippen LogP contribution in [0.25, 0.3) is 0 Å². The van der Waals surface area contributed by atoms with E-state index >= 15 is 0 Å². The van der Waals surface area contributed by atoms with Crippen LogP contribution in [0.4, 0.5) is 0 Å². The lowest BCUT2D eigenvalue weighted by Gasteiger charge is -2.28. The van der Waals surface area contributed by atoms with E-state index in [1.165, 1.54) is 5.56 Å². The molecule has 1 saturated heterocycles. The lowest BCUT2D eigenvalue weighted by molar-refractivity contribution is -0.132. The molecule has 4 nitrogen and oxygen atoms in total. The van der Waals surface area contributed by atoms with Crippen LogP contribution in [-0.4, -0.2) is 37.0 Å². The van der Waals surface area contributed by atoms with Crippen LogP contribution in [0.2, 0.25) is 0 Å². The smallest absolute Gasteiger partial charge is 0.226 e. The van der Waals surface area contributed by atoms with Crippen molar-refractivity contribution in [2.75, 3.05) is 26.2 Å². The van der Waals surface area contributed by atoms with Crippen molar-refractivity contribution >= 4 is 5.91 Å². The monoisotopic (exact) mass is 300 g/mol. The number of hydrogen-bond donors (Lipinski definition) is 1. The van der Waals surface area contributed by atoms with Gasteiger partial charge >= 0.3 is 0 Å². The Bertz CT molecular complexity index is 617. The van der Waals surface area contributed by atoms with E-state index in [4.69, 9.17) is 10.5 Å². The Balaban J connectivity index is 1.54. The third-order valence-electron chi connectivity index (χ3n) is 5.96. The average Bonchev–Trinajstić information content (AvgIpc) is 3.11. The van der Waals surface area contributed by atoms with Crippen LogP contribution in [0.5, 0.6) is 5.75 Å². The van der Waals surface area contributed by atoms with Crippen LogP contribution in [-0.2, 0) is 10.2 Å². The molecule has 2 N–H and O–H groups in total. The number of nitrogens with two attached hydrogens (primary N) is 1. The number of rotatable bonds is 2. The zero-order valence-electron chi connectivity index (χ0n) is 13.2. The van der Waals surface area contributed by atoms with Gasteiger partial charge in [0, 0.05) is 30.0 Å². The molecule has 3 atom stereocenters. The van der Waals surface area contributed by atoms with Gasteiger partial charge in [-0.25, -0.2) is 0 Å². The minimum Gasteiger partial charge on any atom is -0.493 e. The Kier molecular flexibility index (Phi) is 3.02. The normalized spacial score (nSPS) is 36.1. The molecule has 0 unspecified atom stereocenters. The van der Waals surface area contributed by atoms with Crippen molar-refractivity contribution < 1.29 is 9.53 Å². The fraction of sp³-hybridized carbons (Fsp3) is 0.611. The van der Waals surface area contributed by atoms with Crippen LogP contribution in [0, 0.1) is 11.3 Å². The van der Waals surface area contributed by atoms with Crippen molar-refractivity contribution in [3.8, 4) is 5.75 Å². The van der Waals surface area contributed by atoms with Gasteiger partial charge in [0.2, 0.25) is 5.91 Å². The Labute approximate surface area is 131 Å². The second-order valence-corrected chi connectivity index (χ2v) is 7.53. The minimum absolute atomic E-state index is 0.0353. The molecule has 2 aliphatic heterocycles. The van der Waals surface area contributed by atoms with Crippen molar-refractivity contribution in [1.82, 2.24) is 4.90 Å². The third-order valence-corrected chi connectivity index (χ3v) is 5.96. The minimum atomic E-state index is 0.0353. The first-order chi connectivity index (χ1) is 10.6. The summed E-state index contributed by atoms with van der Waals surface area (Å²) in [5.74, 6) is 1.43. The molecule has 1 aromatic rings. The number of para-hydroxylation sites is 1. The summed E-state index contributed by atoms with van der Waals surface area (Å²) in [6, 6.07) is 8.22. The molecule has 1 aliphatic carbocycles. The molecule has 1 saturated carbocycles. The number of fused-ring (bicyclic) bond motifs is 2. The molecule has 1 aromatic carbocycles. The quantitative estimate of drug-likeness (QED) is 0.908. The maximum atomic E-state index is 12.9. The molecule has 1 amide bonds. The number of likely N-dealkylation sites (tertiary alicyclic amines) is 1. The molecule has 0 radical (unpaired) electrons. The molecule has 1 spiro atoms. The van der Waals surface area contributed by atoms with Gasteiger partial charge in [-0.1, -0.05) is 25.1 Å². The SMILES string of the molecule is C[C@]1(CN)CCN(C(=O)[C@@H]2C[C@]23CCOc2ccccc23)C1. The van der Waals surface area contributed by atoms with Gasteiger partial charge in [0.1, 0.15) is 5.75 Å². The predicted molar refractivity (Wildman–Crippen MR) is 84.7 cm³/mol. The summed E-state index contributed by atoms with van der Waals surface area (Å²) in [5, 5.41) is 0. The highest BCUT2D eigenvalue weighted by molar-refractivity contribution is 5.85. The maximum absolute atomic E-state index is 12.9. The number of ether oxygens (including phenoxy) is 1. The molecular formula is C18H24N2O2. The lowest BCUT2D eigenvalue weighted by atomic mass is 9.87. The van der Waals surface area contributed by atoms with Crippen molar-refractivity contribution in [2.24, 2.45) is 17.1 Å². The van der Waals surface area contributed by atoms with Crippen LogP contribution < -0.4 is 10.5 Å². The summed E-state index contributed by atoms with van der Waals surface area (Å²) in [6.07, 6.45) is 2.96. The molecule has 4 rings (SSSR count). The molecule has 2 heterocycles. The summed E-state index contributed by atoms with van der Waals surface area (Å²) in [7, 11) is 0. The van der Waals surface area contributed by atoms with Gasteiger partial charge in [-0.15, -0.1) is 0 Å². The number of amides is 1. The van der Waals surface area contributed by atoms with Gasteiger partial charge in [0.05, 0.1) is 6.61 Å². The van der Waals surface area contributed by atoms with E-state index in [2.05, 4.69) is 19.1 Å². The zero-order chi connectivity index (χ0) is 15.4. The van der Waals surface area contributed by atoms with Crippen LogP contribution in [0.3, 0.4) is 0 Å². The third kappa shape index (κ3) is 1.97. The summed E-state index contributed by atoms with van der Waals surface area (Å²) >= 11 is 0. The van der Waals surface area contributed by atoms with Crippen molar-refractivity contribution in [3.05, 3.63) is 29.8 Å². The first-order valence-corrected chi connectivity index (χ1v) is 8.29. The molecule has 118 valence electrons. The van der Waals surface area contributed by atoms with E-state index in [-0.39, 0.29) is 16.7 Å². The Morgan fingerprint density at radius 3 is 3.00 bits per heavy atom. The maximum Gasteiger partial charge on any atom is 0.226 e. The molecule has 4 heteroatoms. The molecule has 0 aromatic heterocycles. The van der Waals surface area contributed by atoms with Crippen molar-refractivity contribution in [2.45, 2.75) is 31.6 Å². The van der Waals surface area contributed by atoms with E-state index in [0.717, 1.165) is 44.7 Å². The zero-order valence-corrected chi connectivity index (χ0v) is 13.2. The van der Waals surface area contributed by atoms with Gasteiger partial charge < -0.3 is 15.4 Å². The second kappa shape index (κ2) is 4.72. The number of hydrogen-bond acceptors (Lipinski definition) is 3. The molecule has 3 aliphatic rings. The Hall–Kier alpha value is -1.55. The van der Waals surface area contributed by atoms with Crippen molar-refractivity contribution in [1.29, 1.82) is 0 Å². The standard InChI is InChI=1S/C18H24N2O2/c1-17(11-19)6-8-20(12-17)16(21)14-10-18(14)7-9-22-15-5-3-2-4-13(15)18/h2-5,14H,6-12,19H2,1H3/t14-,17+,18-/m0/s1. The first-order valence-electron chi connectivity index (χ1n) is 8.29. The van der Waals surface area contributed by atoms with Gasteiger partial charge in [-0.05, 0) is 37.3 Å². The topological polar surface area (TPSA) is 55.6 Å². The highest BCUT2D eigenvalue weighted by Crippen LogP contribution is 2.61. The number of nitrogens with zero attached hydrogens (tertiary/aromatic N) is 1. The summed E-state index contributed by atoms with van der Waals surface area (Å²) < 4.78 is 5.76. The number of benzene rings is 1. The molecule has 22 heavy (non-hydrogen) atoms. The predicted octanol–water partition coefficient (Wildman–Crippen LogP) is 1.92. The lowest BCUT2D eigenvalue weighted by Crippen LogP contribution is -2.37. The molecular weight excluding hydrogens is 276 g/mol. The van der Waals surface area contributed by atoms with Crippen LogP contribution >= 0.6 is 0 Å². The summed E-state index contributed by atoms with van der Waals surface area (Å²) in [4.78, 5) is 15.0. The Morgan fingerprint density at radius 2 is 2.23 bits per heavy atom. The fourth-order valence-electron chi connectivity index (χ4n) is 4.28. The number of carbonyl (C=O) groups is 1. The van der Waals surface area contributed by atoms with E-state index in [1.807, 2.05) is 17.0 Å². The summed E-state index contributed by atoms with van der Waals surface area (Å²) in [5.41, 5.74) is 7.24. The Morgan fingerprint density at radius 1 is 1.41 bits per heavy atom. The highest BCUT2D eigenvalue weighted by Gasteiger charge is 2.62. The second-order valence-electron chi connectivity index (χ2n) is 7.53. The van der Waals surface area contributed by atoms with Gasteiger partial charge in [0.25, 0.3) is 0 Å². The van der Waals surface area contributed by atoms with Crippen LogP contribution in [0.1, 0.15) is 31.7 Å². The van der Waals surface area contributed by atoms with Gasteiger partial charge in [-0.3, -0.25) is 4.79 Å². The first kappa shape index (κ1) is 14.1. The molecule has 0 bridgehead atoms. The van der Waals surface area contributed by atoms with E-state index < -0.39 is 0 Å². The van der Waals surface area contributed by atoms with Gasteiger partial charge in [0.15, 0.2) is 0 Å². The highest BCUT2D eigenvalue weighted by atomic mass is 16.5. The number of carbonyl (C=O) groups excluding carboxylic acids is 1. The fourth-order valence-corrected chi connectivity index (χ4v) is 4.28. The average molecular weight is 300 g/mol. The van der Waals surface area contributed by atoms with Crippen LogP contribution in [0.15, 0.2) is 24.3 Å². The van der Waals surface area contributed by atoms with E-state index in [9.17, 15) is 4.79 Å². The largest absolute Gasteiger partial charge is 0.493 e. The summed E-state index contributed by atoms with van der Waals surface area (Å²) in [6.45, 7) is 5.24. The van der Waals surface area contributed by atoms with Crippen molar-refractivity contribution in [3.63, 3.8) is 0 Å². The molecule has 2 fully saturated rings. The van der Waals surface area contributed by atoms with E-state index in [1.54, 1.807) is 0 Å².